The number of rotatable bonds is 3. The van der Waals surface area contributed by atoms with Crippen molar-refractivity contribution in [1.29, 1.82) is 0 Å². The number of hydrogen-bond acceptors (Lipinski definition) is 0. The van der Waals surface area contributed by atoms with Gasteiger partial charge in [0.2, 0.25) is 0 Å². The minimum absolute atomic E-state index is 0.678. The summed E-state index contributed by atoms with van der Waals surface area (Å²) in [5, 5.41) is 0. The van der Waals surface area contributed by atoms with Crippen molar-refractivity contribution < 1.29 is 0 Å². The summed E-state index contributed by atoms with van der Waals surface area (Å²) in [6.07, 6.45) is 19.4. The van der Waals surface area contributed by atoms with Crippen LogP contribution in [0.15, 0.2) is 17.1 Å². The molecule has 0 unspecified atom stereocenters. The first-order valence-electron chi connectivity index (χ1n) is 11.7. The van der Waals surface area contributed by atoms with Crippen LogP contribution in [-0.2, 0) is 0 Å². The molecule has 8 bridgehead atoms. The molecule has 0 atom stereocenters. The van der Waals surface area contributed by atoms with Crippen LogP contribution < -0.4 is 0 Å². The van der Waals surface area contributed by atoms with E-state index in [0.717, 1.165) is 52.3 Å². The standard InChI is InChI=1S/C25H34Se/c1-2-22(26-3-1)23(24-10-16-4-17(11-24)6-18(5-16)12-24)25-13-19-7-20(14-25)9-21(8-19)15-25/h1-3,16-21,23H,4-15H2. The minimum atomic E-state index is 0.678. The predicted molar refractivity (Wildman–Crippen MR) is 107 cm³/mol. The zero-order chi connectivity index (χ0) is 16.9. The Hall–Kier alpha value is -0.000519. The Morgan fingerprint density at radius 1 is 0.654 bits per heavy atom. The fourth-order valence-electron chi connectivity index (χ4n) is 10.8. The van der Waals surface area contributed by atoms with Crippen LogP contribution in [0.4, 0.5) is 0 Å². The van der Waals surface area contributed by atoms with Gasteiger partial charge in [-0.1, -0.05) is 0 Å². The van der Waals surface area contributed by atoms with Gasteiger partial charge in [0.25, 0.3) is 0 Å². The van der Waals surface area contributed by atoms with Crippen molar-refractivity contribution in [2.45, 2.75) is 83.0 Å². The summed E-state index contributed by atoms with van der Waals surface area (Å²) in [6.45, 7) is 0. The molecule has 8 saturated carbocycles. The van der Waals surface area contributed by atoms with Crippen LogP contribution in [0.1, 0.15) is 87.4 Å². The predicted octanol–water partition coefficient (Wildman–Crippen LogP) is 6.26. The Bertz CT molecular complexity index is 583. The summed E-state index contributed by atoms with van der Waals surface area (Å²) in [4.78, 5) is 2.54. The van der Waals surface area contributed by atoms with Crippen LogP contribution in [0.25, 0.3) is 0 Å². The molecular formula is C25H34Se. The average molecular weight is 414 g/mol. The second-order valence-electron chi connectivity index (χ2n) is 12.0. The Morgan fingerprint density at radius 3 is 1.35 bits per heavy atom. The Labute approximate surface area is 165 Å². The van der Waals surface area contributed by atoms with Crippen LogP contribution in [0, 0.1) is 46.3 Å². The molecule has 0 aromatic carbocycles. The van der Waals surface area contributed by atoms with Crippen molar-refractivity contribution in [2.24, 2.45) is 46.3 Å². The first-order chi connectivity index (χ1) is 12.7. The molecule has 8 fully saturated rings. The molecule has 1 heteroatoms. The molecule has 0 saturated heterocycles. The van der Waals surface area contributed by atoms with Gasteiger partial charge in [0.15, 0.2) is 0 Å². The monoisotopic (exact) mass is 414 g/mol. The average Bonchev–Trinajstić information content (AvgIpc) is 3.05. The molecule has 0 aliphatic heterocycles. The zero-order valence-electron chi connectivity index (χ0n) is 16.2. The van der Waals surface area contributed by atoms with Crippen molar-refractivity contribution in [3.8, 4) is 0 Å². The normalized spacial score (nSPS) is 54.8. The van der Waals surface area contributed by atoms with Gasteiger partial charge in [-0.3, -0.25) is 0 Å². The number of hydrogen-bond donors (Lipinski definition) is 0. The van der Waals surface area contributed by atoms with E-state index in [-0.39, 0.29) is 0 Å². The van der Waals surface area contributed by atoms with Crippen LogP contribution >= 0.6 is 0 Å². The first kappa shape index (κ1) is 15.9. The first-order valence-corrected chi connectivity index (χ1v) is 13.6. The third kappa shape index (κ3) is 2.14. The van der Waals surface area contributed by atoms with Gasteiger partial charge in [-0.2, -0.15) is 0 Å². The van der Waals surface area contributed by atoms with E-state index in [4.69, 9.17) is 0 Å². The molecule has 0 nitrogen and oxygen atoms in total. The molecule has 26 heavy (non-hydrogen) atoms. The third-order valence-electron chi connectivity index (χ3n) is 10.2. The molecule has 0 spiro atoms. The molecule has 1 heterocycles. The van der Waals surface area contributed by atoms with Gasteiger partial charge in [0, 0.05) is 0 Å². The fraction of sp³-hybridized carbons (Fsp3) is 0.840. The Morgan fingerprint density at radius 2 is 1.04 bits per heavy atom. The second-order valence-corrected chi connectivity index (χ2v) is 14.1. The SMILES string of the molecule is c1c[se]c(C(C23CC4CC(CC(C4)C2)C3)C23CC4CC(CC(C4)C2)C3)c1. The topological polar surface area (TPSA) is 0 Å². The van der Waals surface area contributed by atoms with E-state index in [0.29, 0.717) is 14.5 Å². The van der Waals surface area contributed by atoms with E-state index in [1.807, 2.05) is 4.44 Å². The molecule has 140 valence electrons. The van der Waals surface area contributed by atoms with Gasteiger partial charge in [-0.15, -0.1) is 0 Å². The second kappa shape index (κ2) is 5.33. The third-order valence-corrected chi connectivity index (χ3v) is 12.2. The van der Waals surface area contributed by atoms with Gasteiger partial charge >= 0.3 is 165 Å². The molecule has 0 amide bonds. The van der Waals surface area contributed by atoms with Crippen molar-refractivity contribution in [2.75, 3.05) is 0 Å². The van der Waals surface area contributed by atoms with Gasteiger partial charge in [-0.25, -0.2) is 0 Å². The quantitative estimate of drug-likeness (QED) is 0.513. The molecule has 0 radical (unpaired) electrons. The molecule has 1 aromatic rings. The molecule has 0 N–H and O–H groups in total. The van der Waals surface area contributed by atoms with Crippen molar-refractivity contribution in [3.63, 3.8) is 0 Å². The van der Waals surface area contributed by atoms with Crippen LogP contribution in [0.2, 0.25) is 0 Å². The van der Waals surface area contributed by atoms with Gasteiger partial charge in [0.1, 0.15) is 0 Å². The maximum atomic E-state index is 2.63. The van der Waals surface area contributed by atoms with Crippen LogP contribution in [-0.4, -0.2) is 14.5 Å². The molecular weight excluding hydrogens is 379 g/mol. The van der Waals surface area contributed by atoms with E-state index in [1.54, 1.807) is 77.0 Å². The summed E-state index contributed by atoms with van der Waals surface area (Å²) in [6, 6.07) is 5.06. The van der Waals surface area contributed by atoms with E-state index in [9.17, 15) is 0 Å². The van der Waals surface area contributed by atoms with Crippen molar-refractivity contribution >= 4 is 14.5 Å². The summed E-state index contributed by atoms with van der Waals surface area (Å²) in [5.41, 5.74) is 1.47. The van der Waals surface area contributed by atoms with Gasteiger partial charge in [0.05, 0.1) is 0 Å². The van der Waals surface area contributed by atoms with Gasteiger partial charge in [-0.05, 0) is 0 Å². The van der Waals surface area contributed by atoms with Crippen molar-refractivity contribution in [3.05, 3.63) is 21.5 Å². The Balaban J connectivity index is 1.36. The molecule has 8 aliphatic carbocycles. The van der Waals surface area contributed by atoms with Crippen LogP contribution in [0.5, 0.6) is 0 Å². The van der Waals surface area contributed by atoms with E-state index >= 15 is 0 Å². The summed E-state index contributed by atoms with van der Waals surface area (Å²) in [5.74, 6) is 7.66. The summed E-state index contributed by atoms with van der Waals surface area (Å²) >= 11 is 0.678. The Kier molecular flexibility index (Phi) is 3.25. The fourth-order valence-corrected chi connectivity index (χ4v) is 13.1. The van der Waals surface area contributed by atoms with Crippen LogP contribution in [0.3, 0.4) is 0 Å². The molecule has 9 rings (SSSR count). The zero-order valence-corrected chi connectivity index (χ0v) is 17.9. The molecule has 1 aromatic heterocycles. The maximum absolute atomic E-state index is 2.63. The van der Waals surface area contributed by atoms with E-state index in [2.05, 4.69) is 17.1 Å². The van der Waals surface area contributed by atoms with E-state index in [1.165, 1.54) is 0 Å². The van der Waals surface area contributed by atoms with Gasteiger partial charge < -0.3 is 0 Å². The summed E-state index contributed by atoms with van der Waals surface area (Å²) < 4.78 is 1.96. The van der Waals surface area contributed by atoms with E-state index < -0.39 is 0 Å². The molecule has 8 aliphatic rings. The summed E-state index contributed by atoms with van der Waals surface area (Å²) in [7, 11) is 0. The van der Waals surface area contributed by atoms with Crippen molar-refractivity contribution in [1.82, 2.24) is 0 Å².